The third-order valence-electron chi connectivity index (χ3n) is 2.09. The summed E-state index contributed by atoms with van der Waals surface area (Å²) in [6.07, 6.45) is 1.09. The number of halogens is 1. The molecule has 0 bridgehead atoms. The quantitative estimate of drug-likeness (QED) is 0.803. The van der Waals surface area contributed by atoms with Crippen LogP contribution in [0.4, 0.5) is 0 Å². The Bertz CT molecular complexity index is 499. The highest BCUT2D eigenvalue weighted by molar-refractivity contribution is 7.07. The van der Waals surface area contributed by atoms with Crippen molar-refractivity contribution in [3.63, 3.8) is 0 Å². The number of aromatic nitrogens is 2. The second-order valence-electron chi connectivity index (χ2n) is 3.32. The lowest BCUT2D eigenvalue weighted by Crippen LogP contribution is -2.10. The topological polar surface area (TPSA) is 52.1 Å². The van der Waals surface area contributed by atoms with Crippen molar-refractivity contribution in [2.24, 2.45) is 0 Å². The van der Waals surface area contributed by atoms with Gasteiger partial charge in [0.2, 0.25) is 0 Å². The summed E-state index contributed by atoms with van der Waals surface area (Å²) in [5.74, 6) is -0.449. The average molecular weight is 269 g/mol. The van der Waals surface area contributed by atoms with Gasteiger partial charge in [0.05, 0.1) is 16.2 Å². The maximum Gasteiger partial charge on any atom is 0.358 e. The Balaban J connectivity index is 2.04. The van der Waals surface area contributed by atoms with Gasteiger partial charge in [-0.1, -0.05) is 11.6 Å². The molecule has 17 heavy (non-hydrogen) atoms. The summed E-state index contributed by atoms with van der Waals surface area (Å²) < 4.78 is 5.22. The molecule has 1 atom stereocenters. The Labute approximate surface area is 107 Å². The lowest BCUT2D eigenvalue weighted by molar-refractivity contribution is 0.0323. The van der Waals surface area contributed by atoms with Crippen LogP contribution in [0.15, 0.2) is 29.2 Å². The molecule has 4 nitrogen and oxygen atoms in total. The molecule has 0 radical (unpaired) electrons. The van der Waals surface area contributed by atoms with E-state index in [0.717, 1.165) is 0 Å². The molecule has 0 N–H and O–H groups in total. The molecule has 0 aliphatic carbocycles. The van der Waals surface area contributed by atoms with E-state index in [-0.39, 0.29) is 0 Å². The van der Waals surface area contributed by atoms with Crippen molar-refractivity contribution < 1.29 is 9.53 Å². The first-order valence-electron chi connectivity index (χ1n) is 4.87. The van der Waals surface area contributed by atoms with E-state index in [4.69, 9.17) is 16.3 Å². The molecule has 88 valence electrons. The van der Waals surface area contributed by atoms with E-state index in [1.54, 1.807) is 29.9 Å². The molecule has 0 saturated heterocycles. The fourth-order valence-corrected chi connectivity index (χ4v) is 1.86. The van der Waals surface area contributed by atoms with Crippen LogP contribution in [-0.4, -0.2) is 15.9 Å². The molecule has 2 rings (SSSR count). The first-order valence-corrected chi connectivity index (χ1v) is 6.19. The zero-order valence-corrected chi connectivity index (χ0v) is 10.5. The first-order chi connectivity index (χ1) is 8.16. The Morgan fingerprint density at radius 2 is 2.29 bits per heavy atom. The average Bonchev–Trinajstić information content (AvgIpc) is 2.83. The summed E-state index contributed by atoms with van der Waals surface area (Å²) in [5.41, 5.74) is 2.55. The van der Waals surface area contributed by atoms with Gasteiger partial charge < -0.3 is 4.74 Å². The second-order valence-corrected chi connectivity index (χ2v) is 4.48. The lowest BCUT2D eigenvalue weighted by Gasteiger charge is -2.11. The SMILES string of the molecule is C[C@H](OC(=O)c1cscn1)c1ccc(Cl)cn1. The van der Waals surface area contributed by atoms with Crippen LogP contribution in [0.3, 0.4) is 0 Å². The third-order valence-corrected chi connectivity index (χ3v) is 2.90. The Morgan fingerprint density at radius 1 is 1.47 bits per heavy atom. The fraction of sp³-hybridized carbons (Fsp3) is 0.182. The molecule has 6 heteroatoms. The lowest BCUT2D eigenvalue weighted by atomic mass is 10.2. The van der Waals surface area contributed by atoms with Crippen LogP contribution in [0.25, 0.3) is 0 Å². The highest BCUT2D eigenvalue weighted by atomic mass is 35.5. The molecule has 0 aliphatic heterocycles. The number of carbonyl (C=O) groups excluding carboxylic acids is 1. The minimum atomic E-state index is -0.449. The Hall–Kier alpha value is -1.46. The van der Waals surface area contributed by atoms with Gasteiger partial charge in [0.1, 0.15) is 6.10 Å². The van der Waals surface area contributed by atoms with E-state index < -0.39 is 12.1 Å². The van der Waals surface area contributed by atoms with Gasteiger partial charge in [0, 0.05) is 11.6 Å². The number of hydrogen-bond acceptors (Lipinski definition) is 5. The van der Waals surface area contributed by atoms with Gasteiger partial charge in [0.15, 0.2) is 5.69 Å². The predicted octanol–water partition coefficient (Wildman–Crippen LogP) is 3.11. The maximum atomic E-state index is 11.6. The van der Waals surface area contributed by atoms with Crippen molar-refractivity contribution in [3.05, 3.63) is 45.6 Å². The van der Waals surface area contributed by atoms with Crippen LogP contribution in [0.2, 0.25) is 5.02 Å². The monoisotopic (exact) mass is 268 g/mol. The van der Waals surface area contributed by atoms with Crippen LogP contribution in [0.5, 0.6) is 0 Å². The van der Waals surface area contributed by atoms with E-state index in [1.807, 2.05) is 0 Å². The number of hydrogen-bond donors (Lipinski definition) is 0. The van der Waals surface area contributed by atoms with E-state index in [2.05, 4.69) is 9.97 Å². The molecule has 0 amide bonds. The molecule has 0 saturated carbocycles. The summed E-state index contributed by atoms with van der Waals surface area (Å²) in [5, 5.41) is 2.19. The van der Waals surface area contributed by atoms with Gasteiger partial charge in [0.25, 0.3) is 0 Å². The minimum absolute atomic E-state index is 0.316. The Morgan fingerprint density at radius 3 is 2.88 bits per heavy atom. The summed E-state index contributed by atoms with van der Waals surface area (Å²) >= 11 is 7.07. The summed E-state index contributed by atoms with van der Waals surface area (Å²) in [6, 6.07) is 3.43. The summed E-state index contributed by atoms with van der Waals surface area (Å²) in [7, 11) is 0. The molecule has 0 aliphatic rings. The largest absolute Gasteiger partial charge is 0.451 e. The van der Waals surface area contributed by atoms with Crippen LogP contribution in [-0.2, 0) is 4.74 Å². The van der Waals surface area contributed by atoms with Gasteiger partial charge >= 0.3 is 5.97 Å². The van der Waals surface area contributed by atoms with Crippen molar-refractivity contribution >= 4 is 28.9 Å². The maximum absolute atomic E-state index is 11.6. The molecule has 2 aromatic heterocycles. The van der Waals surface area contributed by atoms with E-state index in [9.17, 15) is 4.79 Å². The van der Waals surface area contributed by atoms with Crippen molar-refractivity contribution in [3.8, 4) is 0 Å². The summed E-state index contributed by atoms with van der Waals surface area (Å²) in [4.78, 5) is 19.6. The Kier molecular flexibility index (Phi) is 3.71. The van der Waals surface area contributed by atoms with E-state index >= 15 is 0 Å². The molecule has 0 aromatic carbocycles. The van der Waals surface area contributed by atoms with E-state index in [0.29, 0.717) is 16.4 Å². The van der Waals surface area contributed by atoms with Crippen LogP contribution < -0.4 is 0 Å². The zero-order valence-electron chi connectivity index (χ0n) is 8.96. The molecule has 0 spiro atoms. The molecular formula is C11H9ClN2O2S. The molecule has 0 fully saturated rings. The number of ether oxygens (including phenoxy) is 1. The number of nitrogens with zero attached hydrogens (tertiary/aromatic N) is 2. The van der Waals surface area contributed by atoms with Gasteiger partial charge in [-0.25, -0.2) is 9.78 Å². The van der Waals surface area contributed by atoms with Crippen molar-refractivity contribution in [2.75, 3.05) is 0 Å². The summed E-state index contributed by atoms with van der Waals surface area (Å²) in [6.45, 7) is 1.75. The normalized spacial score (nSPS) is 12.1. The van der Waals surface area contributed by atoms with Gasteiger partial charge in [-0.05, 0) is 19.1 Å². The molecule has 0 unspecified atom stereocenters. The zero-order chi connectivity index (χ0) is 12.3. The van der Waals surface area contributed by atoms with Crippen LogP contribution >= 0.6 is 22.9 Å². The van der Waals surface area contributed by atoms with E-state index in [1.165, 1.54) is 17.5 Å². The van der Waals surface area contributed by atoms with Crippen molar-refractivity contribution in [1.29, 1.82) is 0 Å². The highest BCUT2D eigenvalue weighted by Gasteiger charge is 2.15. The highest BCUT2D eigenvalue weighted by Crippen LogP contribution is 2.18. The van der Waals surface area contributed by atoms with Crippen molar-refractivity contribution in [2.45, 2.75) is 13.0 Å². The van der Waals surface area contributed by atoms with Crippen LogP contribution in [0, 0.1) is 0 Å². The van der Waals surface area contributed by atoms with Crippen LogP contribution in [0.1, 0.15) is 29.2 Å². The molecular weight excluding hydrogens is 260 g/mol. The first kappa shape index (κ1) is 12.0. The number of esters is 1. The third kappa shape index (κ3) is 3.01. The van der Waals surface area contributed by atoms with Gasteiger partial charge in [-0.3, -0.25) is 4.98 Å². The van der Waals surface area contributed by atoms with Crippen molar-refractivity contribution in [1.82, 2.24) is 9.97 Å². The predicted molar refractivity (Wildman–Crippen MR) is 65.2 cm³/mol. The second kappa shape index (κ2) is 5.25. The smallest absolute Gasteiger partial charge is 0.358 e. The number of carbonyl (C=O) groups is 1. The van der Waals surface area contributed by atoms with Gasteiger partial charge in [-0.2, -0.15) is 0 Å². The number of rotatable bonds is 3. The minimum Gasteiger partial charge on any atom is -0.451 e. The molecule has 2 heterocycles. The number of thiazole rings is 1. The fourth-order valence-electron chi connectivity index (χ4n) is 1.22. The molecule has 2 aromatic rings. The standard InChI is InChI=1S/C11H9ClN2O2S/c1-7(9-3-2-8(12)4-13-9)16-11(15)10-5-17-6-14-10/h2-7H,1H3/t7-/m0/s1. The number of pyridine rings is 1. The van der Waals surface area contributed by atoms with Gasteiger partial charge in [-0.15, -0.1) is 11.3 Å².